The fraction of sp³-hybridized carbons (Fsp3) is 0.588. The molecule has 0 saturated carbocycles. The van der Waals surface area contributed by atoms with E-state index in [-0.39, 0.29) is 32.0 Å². The molecule has 1 aliphatic heterocycles. The van der Waals surface area contributed by atoms with Gasteiger partial charge >= 0.3 is 6.03 Å². The van der Waals surface area contributed by atoms with Crippen molar-refractivity contribution in [3.05, 3.63) is 30.1 Å². The summed E-state index contributed by atoms with van der Waals surface area (Å²) in [6.45, 7) is 3.20. The van der Waals surface area contributed by atoms with E-state index in [0.29, 0.717) is 45.0 Å². The summed E-state index contributed by atoms with van der Waals surface area (Å²) < 4.78 is 23.3. The molecule has 0 radical (unpaired) electrons. The summed E-state index contributed by atoms with van der Waals surface area (Å²) in [6, 6.07) is 5.64. The molecule has 0 unspecified atom stereocenters. The number of carbonyl (C=O) groups excluding carboxylic acids is 1. The van der Waals surface area contributed by atoms with Crippen LogP contribution in [0.1, 0.15) is 19.3 Å². The minimum absolute atomic E-state index is 0. The van der Waals surface area contributed by atoms with Gasteiger partial charge in [-0.1, -0.05) is 0 Å². The van der Waals surface area contributed by atoms with Gasteiger partial charge in [0.2, 0.25) is 0 Å². The first-order chi connectivity index (χ1) is 11.6. The molecule has 0 aromatic heterocycles. The number of ether oxygens (including phenoxy) is 2. The number of aliphatic hydroxyl groups is 1. The Morgan fingerprint density at radius 1 is 1.28 bits per heavy atom. The highest BCUT2D eigenvalue weighted by atomic mass is 32.1. The highest BCUT2D eigenvalue weighted by Gasteiger charge is 2.15. The Balaban J connectivity index is 0.00000312. The SMILES string of the molecule is O=C(NCCCC[C@H](O)COc1ccc(F)cc1)N1CCOCC1.S. The van der Waals surface area contributed by atoms with Gasteiger partial charge in [-0.3, -0.25) is 0 Å². The molecule has 1 atom stereocenters. The van der Waals surface area contributed by atoms with E-state index in [1.807, 2.05) is 0 Å². The van der Waals surface area contributed by atoms with E-state index in [1.54, 1.807) is 4.90 Å². The van der Waals surface area contributed by atoms with E-state index in [4.69, 9.17) is 9.47 Å². The number of hydrogen-bond acceptors (Lipinski definition) is 4. The summed E-state index contributed by atoms with van der Waals surface area (Å²) in [7, 11) is 0. The molecule has 0 aliphatic carbocycles. The van der Waals surface area contributed by atoms with Gasteiger partial charge in [0.25, 0.3) is 0 Å². The first-order valence-corrected chi connectivity index (χ1v) is 8.32. The van der Waals surface area contributed by atoms with Gasteiger partial charge in [0.1, 0.15) is 18.2 Å². The van der Waals surface area contributed by atoms with Gasteiger partial charge in [-0.15, -0.1) is 0 Å². The maximum Gasteiger partial charge on any atom is 0.317 e. The lowest BCUT2D eigenvalue weighted by atomic mass is 10.1. The van der Waals surface area contributed by atoms with Crippen molar-refractivity contribution in [1.29, 1.82) is 0 Å². The zero-order valence-electron chi connectivity index (χ0n) is 14.2. The van der Waals surface area contributed by atoms with Crippen LogP contribution in [-0.4, -0.2) is 61.6 Å². The smallest absolute Gasteiger partial charge is 0.317 e. The van der Waals surface area contributed by atoms with E-state index in [1.165, 1.54) is 24.3 Å². The summed E-state index contributed by atoms with van der Waals surface area (Å²) in [5.41, 5.74) is 0. The first-order valence-electron chi connectivity index (χ1n) is 8.32. The van der Waals surface area contributed by atoms with Crippen LogP contribution in [-0.2, 0) is 4.74 Å². The highest BCUT2D eigenvalue weighted by Crippen LogP contribution is 2.12. The molecule has 1 aromatic rings. The van der Waals surface area contributed by atoms with Gasteiger partial charge in [0.15, 0.2) is 0 Å². The predicted octanol–water partition coefficient (Wildman–Crippen LogP) is 1.89. The van der Waals surface area contributed by atoms with Crippen LogP contribution in [0.4, 0.5) is 9.18 Å². The van der Waals surface area contributed by atoms with Crippen LogP contribution in [0, 0.1) is 5.82 Å². The molecular formula is C17H27FN2O4S. The third-order valence-corrected chi connectivity index (χ3v) is 3.79. The fourth-order valence-electron chi connectivity index (χ4n) is 2.39. The van der Waals surface area contributed by atoms with Crippen LogP contribution < -0.4 is 10.1 Å². The minimum Gasteiger partial charge on any atom is -0.491 e. The minimum atomic E-state index is -0.579. The van der Waals surface area contributed by atoms with Crippen molar-refractivity contribution in [2.75, 3.05) is 39.5 Å². The Labute approximate surface area is 154 Å². The fourth-order valence-corrected chi connectivity index (χ4v) is 2.39. The molecule has 2 N–H and O–H groups in total. The number of hydrogen-bond donors (Lipinski definition) is 2. The van der Waals surface area contributed by atoms with Gasteiger partial charge in [0, 0.05) is 19.6 Å². The third-order valence-electron chi connectivity index (χ3n) is 3.79. The van der Waals surface area contributed by atoms with Crippen LogP contribution >= 0.6 is 13.5 Å². The number of benzene rings is 1. The van der Waals surface area contributed by atoms with Crippen molar-refractivity contribution in [1.82, 2.24) is 10.2 Å². The number of morpholine rings is 1. The predicted molar refractivity (Wildman–Crippen MR) is 97.9 cm³/mol. The second-order valence-electron chi connectivity index (χ2n) is 5.75. The normalized spacial score (nSPS) is 15.2. The third kappa shape index (κ3) is 8.42. The topological polar surface area (TPSA) is 71.0 Å². The number of aliphatic hydroxyl groups excluding tert-OH is 1. The van der Waals surface area contributed by atoms with Crippen molar-refractivity contribution in [3.63, 3.8) is 0 Å². The number of halogens is 1. The lowest BCUT2D eigenvalue weighted by molar-refractivity contribution is 0.0532. The van der Waals surface area contributed by atoms with Crippen molar-refractivity contribution in [3.8, 4) is 5.75 Å². The van der Waals surface area contributed by atoms with Gasteiger partial charge in [-0.25, -0.2) is 9.18 Å². The van der Waals surface area contributed by atoms with E-state index in [0.717, 1.165) is 12.8 Å². The Hall–Kier alpha value is -1.51. The standard InChI is InChI=1S/C17H25FN2O4.H2S/c18-14-4-6-16(7-5-14)24-13-15(21)3-1-2-8-19-17(22)20-9-11-23-12-10-20;/h4-7,15,21H,1-3,8-13H2,(H,19,22);1H2/t15-;/m0./s1. The molecule has 1 aromatic carbocycles. The molecule has 1 aliphatic rings. The van der Waals surface area contributed by atoms with Crippen LogP contribution in [0.15, 0.2) is 24.3 Å². The molecular weight excluding hydrogens is 347 g/mol. The second-order valence-corrected chi connectivity index (χ2v) is 5.75. The zero-order valence-corrected chi connectivity index (χ0v) is 15.2. The first kappa shape index (κ1) is 21.5. The average molecular weight is 374 g/mol. The molecule has 0 spiro atoms. The molecule has 1 fully saturated rings. The number of urea groups is 1. The summed E-state index contributed by atoms with van der Waals surface area (Å²) >= 11 is 0. The van der Waals surface area contributed by atoms with Crippen molar-refractivity contribution in [2.45, 2.75) is 25.4 Å². The molecule has 142 valence electrons. The molecule has 0 bridgehead atoms. The quantitative estimate of drug-likeness (QED) is 0.682. The Bertz CT molecular complexity index is 498. The highest BCUT2D eigenvalue weighted by molar-refractivity contribution is 7.59. The molecule has 6 nitrogen and oxygen atoms in total. The largest absolute Gasteiger partial charge is 0.491 e. The summed E-state index contributed by atoms with van der Waals surface area (Å²) in [5, 5.41) is 12.7. The van der Waals surface area contributed by atoms with Crippen LogP contribution in [0.2, 0.25) is 0 Å². The summed E-state index contributed by atoms with van der Waals surface area (Å²) in [4.78, 5) is 13.6. The molecule has 8 heteroatoms. The Morgan fingerprint density at radius 3 is 2.64 bits per heavy atom. The number of carbonyl (C=O) groups is 1. The molecule has 2 amide bonds. The van der Waals surface area contributed by atoms with E-state index < -0.39 is 6.10 Å². The van der Waals surface area contributed by atoms with E-state index in [9.17, 15) is 14.3 Å². The van der Waals surface area contributed by atoms with Crippen LogP contribution in [0.3, 0.4) is 0 Å². The van der Waals surface area contributed by atoms with Crippen LogP contribution in [0.25, 0.3) is 0 Å². The summed E-state index contributed by atoms with van der Waals surface area (Å²) in [5.74, 6) is 0.218. The number of unbranched alkanes of at least 4 members (excludes halogenated alkanes) is 1. The van der Waals surface area contributed by atoms with E-state index >= 15 is 0 Å². The molecule has 1 heterocycles. The van der Waals surface area contributed by atoms with Gasteiger partial charge in [0.05, 0.1) is 19.3 Å². The zero-order chi connectivity index (χ0) is 17.2. The number of rotatable bonds is 8. The van der Waals surface area contributed by atoms with E-state index in [2.05, 4.69) is 5.32 Å². The van der Waals surface area contributed by atoms with Crippen molar-refractivity contribution >= 4 is 19.5 Å². The van der Waals surface area contributed by atoms with Crippen molar-refractivity contribution in [2.24, 2.45) is 0 Å². The monoisotopic (exact) mass is 374 g/mol. The number of amides is 2. The van der Waals surface area contributed by atoms with Gasteiger partial charge in [-0.2, -0.15) is 13.5 Å². The Morgan fingerprint density at radius 2 is 1.96 bits per heavy atom. The number of nitrogens with zero attached hydrogens (tertiary/aromatic N) is 1. The lowest BCUT2D eigenvalue weighted by Gasteiger charge is -2.26. The molecule has 2 rings (SSSR count). The summed E-state index contributed by atoms with van der Waals surface area (Å²) in [6.07, 6.45) is 1.60. The molecule has 25 heavy (non-hydrogen) atoms. The van der Waals surface area contributed by atoms with Gasteiger partial charge in [-0.05, 0) is 43.5 Å². The van der Waals surface area contributed by atoms with Crippen LogP contribution in [0.5, 0.6) is 5.75 Å². The second kappa shape index (κ2) is 11.9. The lowest BCUT2D eigenvalue weighted by Crippen LogP contribution is -2.46. The number of nitrogens with one attached hydrogen (secondary N) is 1. The Kier molecular flexibility index (Phi) is 10.3. The molecule has 1 saturated heterocycles. The van der Waals surface area contributed by atoms with Crippen molar-refractivity contribution < 1.29 is 23.8 Å². The maximum absolute atomic E-state index is 12.8. The maximum atomic E-state index is 12.8. The average Bonchev–Trinajstić information content (AvgIpc) is 2.61. The van der Waals surface area contributed by atoms with Gasteiger partial charge < -0.3 is 24.8 Å².